The van der Waals surface area contributed by atoms with Gasteiger partial charge in [0.1, 0.15) is 16.6 Å². The molecule has 126 valence electrons. The zero-order valence-corrected chi connectivity index (χ0v) is 14.3. The maximum atomic E-state index is 13.5. The molecule has 4 nitrogen and oxygen atoms in total. The lowest BCUT2D eigenvalue weighted by atomic mass is 9.93. The summed E-state index contributed by atoms with van der Waals surface area (Å²) in [6, 6.07) is 3.40. The molecule has 0 saturated carbocycles. The molecule has 0 aliphatic carbocycles. The Morgan fingerprint density at radius 1 is 1.25 bits per heavy atom. The van der Waals surface area contributed by atoms with Gasteiger partial charge in [-0.05, 0) is 12.1 Å². The van der Waals surface area contributed by atoms with E-state index in [1.54, 1.807) is 0 Å². The Morgan fingerprint density at radius 2 is 1.96 bits per heavy atom. The van der Waals surface area contributed by atoms with Gasteiger partial charge in [-0.2, -0.15) is 0 Å². The van der Waals surface area contributed by atoms with Gasteiger partial charge in [-0.1, -0.05) is 20.8 Å². The maximum Gasteiger partial charge on any atom is 0.160 e. The molecule has 0 spiro atoms. The van der Waals surface area contributed by atoms with E-state index < -0.39 is 11.6 Å². The van der Waals surface area contributed by atoms with E-state index in [-0.39, 0.29) is 23.6 Å². The third-order valence-corrected chi connectivity index (χ3v) is 4.66. The second-order valence-corrected chi connectivity index (χ2v) is 7.50. The van der Waals surface area contributed by atoms with Crippen LogP contribution < -0.4 is 4.90 Å². The summed E-state index contributed by atoms with van der Waals surface area (Å²) >= 11 is 1.35. The summed E-state index contributed by atoms with van der Waals surface area (Å²) in [6.07, 6.45) is 0. The summed E-state index contributed by atoms with van der Waals surface area (Å²) in [6.45, 7) is 6.14. The number of aromatic nitrogens is 1. The monoisotopic (exact) mass is 349 g/mol. The fourth-order valence-corrected chi connectivity index (χ4v) is 3.52. The number of aliphatic hydroxyl groups is 1. The third kappa shape index (κ3) is 2.80. The SMILES string of the molecule is CC(C)(C)c1csc(C2=C(O)CN(c3ccc(F)c(F)c3)C2=N)n1. The molecule has 7 heteroatoms. The number of nitrogens with one attached hydrogen (secondary N) is 1. The van der Waals surface area contributed by atoms with Gasteiger partial charge in [0.2, 0.25) is 0 Å². The van der Waals surface area contributed by atoms with Crippen molar-refractivity contribution < 1.29 is 13.9 Å². The van der Waals surface area contributed by atoms with Crippen molar-refractivity contribution >= 4 is 28.4 Å². The third-order valence-electron chi connectivity index (χ3n) is 3.80. The second kappa shape index (κ2) is 5.66. The normalized spacial score (nSPS) is 15.5. The van der Waals surface area contributed by atoms with Crippen LogP contribution in [-0.4, -0.2) is 22.5 Å². The lowest BCUT2D eigenvalue weighted by Gasteiger charge is -2.18. The van der Waals surface area contributed by atoms with Gasteiger partial charge in [-0.3, -0.25) is 5.41 Å². The topological polar surface area (TPSA) is 60.2 Å². The molecule has 2 N–H and O–H groups in total. The van der Waals surface area contributed by atoms with Crippen molar-refractivity contribution in [2.24, 2.45) is 0 Å². The van der Waals surface area contributed by atoms with Gasteiger partial charge in [0, 0.05) is 22.5 Å². The zero-order valence-electron chi connectivity index (χ0n) is 13.5. The number of hydrogen-bond acceptors (Lipinski definition) is 4. The van der Waals surface area contributed by atoms with E-state index in [9.17, 15) is 13.9 Å². The molecule has 2 aromatic rings. The van der Waals surface area contributed by atoms with E-state index in [0.717, 1.165) is 17.8 Å². The van der Waals surface area contributed by atoms with E-state index in [1.807, 2.05) is 26.2 Å². The Bertz CT molecular complexity index is 852. The molecule has 1 aromatic heterocycles. The number of hydrogen-bond donors (Lipinski definition) is 2. The van der Waals surface area contributed by atoms with Crippen LogP contribution in [0, 0.1) is 17.0 Å². The molecule has 2 heterocycles. The fourth-order valence-electron chi connectivity index (χ4n) is 2.41. The first kappa shape index (κ1) is 16.6. The Balaban J connectivity index is 1.93. The number of amidine groups is 1. The molecule has 0 fully saturated rings. The van der Waals surface area contributed by atoms with Crippen LogP contribution in [0.5, 0.6) is 0 Å². The first-order chi connectivity index (χ1) is 11.2. The van der Waals surface area contributed by atoms with Gasteiger partial charge in [0.25, 0.3) is 0 Å². The Kier molecular flexibility index (Phi) is 3.91. The van der Waals surface area contributed by atoms with E-state index in [0.29, 0.717) is 16.3 Å². The molecule has 0 unspecified atom stereocenters. The molecule has 0 bridgehead atoms. The van der Waals surface area contributed by atoms with Crippen molar-refractivity contribution in [3.05, 3.63) is 51.7 Å². The van der Waals surface area contributed by atoms with Crippen LogP contribution in [0.15, 0.2) is 29.3 Å². The first-order valence-electron chi connectivity index (χ1n) is 7.38. The largest absolute Gasteiger partial charge is 0.510 e. The van der Waals surface area contributed by atoms with Crippen molar-refractivity contribution in [1.29, 1.82) is 5.41 Å². The van der Waals surface area contributed by atoms with Crippen LogP contribution >= 0.6 is 11.3 Å². The smallest absolute Gasteiger partial charge is 0.160 e. The Labute approximate surface area is 142 Å². The molecule has 0 atom stereocenters. The van der Waals surface area contributed by atoms with Crippen LogP contribution in [0.2, 0.25) is 0 Å². The number of anilines is 1. The van der Waals surface area contributed by atoms with Gasteiger partial charge in [-0.25, -0.2) is 13.8 Å². The molecule has 24 heavy (non-hydrogen) atoms. The standard InChI is InChI=1S/C17H17F2N3OS/c1-17(2,3)13-8-24-16(21-13)14-12(23)7-22(15(14)20)9-4-5-10(18)11(19)6-9/h4-6,8,20,23H,7H2,1-3H3. The molecule has 0 radical (unpaired) electrons. The second-order valence-electron chi connectivity index (χ2n) is 6.64. The molecule has 3 rings (SSSR count). The van der Waals surface area contributed by atoms with Crippen molar-refractivity contribution in [1.82, 2.24) is 4.98 Å². The quantitative estimate of drug-likeness (QED) is 0.840. The van der Waals surface area contributed by atoms with Crippen LogP contribution in [0.4, 0.5) is 14.5 Å². The summed E-state index contributed by atoms with van der Waals surface area (Å²) in [5.74, 6) is -1.91. The molecular weight excluding hydrogens is 332 g/mol. The number of thiazole rings is 1. The zero-order chi connectivity index (χ0) is 17.6. The molecule has 1 aromatic carbocycles. The van der Waals surface area contributed by atoms with Gasteiger partial charge < -0.3 is 10.0 Å². The highest BCUT2D eigenvalue weighted by Crippen LogP contribution is 2.34. The number of rotatable bonds is 2. The van der Waals surface area contributed by atoms with Crippen molar-refractivity contribution in [3.8, 4) is 0 Å². The highest BCUT2D eigenvalue weighted by Gasteiger charge is 2.32. The highest BCUT2D eigenvalue weighted by molar-refractivity contribution is 7.11. The molecule has 0 saturated heterocycles. The number of benzene rings is 1. The first-order valence-corrected chi connectivity index (χ1v) is 8.26. The number of aliphatic hydroxyl groups excluding tert-OH is 1. The summed E-state index contributed by atoms with van der Waals surface area (Å²) in [5.41, 5.74) is 1.39. The summed E-state index contributed by atoms with van der Waals surface area (Å²) in [4.78, 5) is 5.95. The number of nitrogens with zero attached hydrogens (tertiary/aromatic N) is 2. The summed E-state index contributed by atoms with van der Waals surface area (Å²) in [5, 5.41) is 21.0. The van der Waals surface area contributed by atoms with E-state index in [1.165, 1.54) is 22.3 Å². The molecule has 1 aliphatic rings. The van der Waals surface area contributed by atoms with Crippen molar-refractivity contribution in [2.75, 3.05) is 11.4 Å². The van der Waals surface area contributed by atoms with E-state index in [4.69, 9.17) is 5.41 Å². The minimum absolute atomic E-state index is 0.000424. The van der Waals surface area contributed by atoms with Crippen LogP contribution in [0.3, 0.4) is 0 Å². The van der Waals surface area contributed by atoms with E-state index >= 15 is 0 Å². The summed E-state index contributed by atoms with van der Waals surface area (Å²) < 4.78 is 26.6. The predicted molar refractivity (Wildman–Crippen MR) is 91.8 cm³/mol. The number of halogens is 2. The minimum Gasteiger partial charge on any atom is -0.510 e. The van der Waals surface area contributed by atoms with Gasteiger partial charge in [-0.15, -0.1) is 11.3 Å². The predicted octanol–water partition coefficient (Wildman–Crippen LogP) is 4.49. The van der Waals surface area contributed by atoms with Crippen molar-refractivity contribution in [2.45, 2.75) is 26.2 Å². The van der Waals surface area contributed by atoms with Gasteiger partial charge in [0.15, 0.2) is 11.6 Å². The van der Waals surface area contributed by atoms with Crippen LogP contribution in [0.25, 0.3) is 5.57 Å². The van der Waals surface area contributed by atoms with Gasteiger partial charge in [0.05, 0.1) is 17.8 Å². The van der Waals surface area contributed by atoms with Crippen molar-refractivity contribution in [3.63, 3.8) is 0 Å². The molecular formula is C17H17F2N3OS. The average molecular weight is 349 g/mol. The molecule has 1 aliphatic heterocycles. The summed E-state index contributed by atoms with van der Waals surface area (Å²) in [7, 11) is 0. The van der Waals surface area contributed by atoms with Crippen LogP contribution in [0.1, 0.15) is 31.5 Å². The Morgan fingerprint density at radius 3 is 2.54 bits per heavy atom. The maximum absolute atomic E-state index is 13.5. The van der Waals surface area contributed by atoms with Gasteiger partial charge >= 0.3 is 0 Å². The lowest BCUT2D eigenvalue weighted by molar-refractivity contribution is 0.411. The fraction of sp³-hybridized carbons (Fsp3) is 0.294. The Hall–Kier alpha value is -2.28. The van der Waals surface area contributed by atoms with Crippen LogP contribution in [-0.2, 0) is 5.41 Å². The average Bonchev–Trinajstić information content (AvgIpc) is 3.07. The minimum atomic E-state index is -0.988. The lowest BCUT2D eigenvalue weighted by Crippen LogP contribution is -2.26. The molecule has 0 amide bonds. The van der Waals surface area contributed by atoms with E-state index in [2.05, 4.69) is 4.98 Å². The highest BCUT2D eigenvalue weighted by atomic mass is 32.1.